The van der Waals surface area contributed by atoms with E-state index in [9.17, 15) is 4.39 Å². The molecule has 0 amide bonds. The van der Waals surface area contributed by atoms with Gasteiger partial charge in [-0.25, -0.2) is 24.3 Å². The van der Waals surface area contributed by atoms with E-state index < -0.39 is 0 Å². The zero-order valence-electron chi connectivity index (χ0n) is 17.9. The van der Waals surface area contributed by atoms with Crippen molar-refractivity contribution in [1.29, 1.82) is 0 Å². The zero-order valence-corrected chi connectivity index (χ0v) is 17.9. The highest BCUT2D eigenvalue weighted by Gasteiger charge is 2.10. The molecule has 4 aromatic rings. The van der Waals surface area contributed by atoms with Crippen molar-refractivity contribution in [2.45, 2.75) is 53.4 Å². The van der Waals surface area contributed by atoms with Crippen LogP contribution in [-0.4, -0.2) is 19.9 Å². The summed E-state index contributed by atoms with van der Waals surface area (Å²) in [7, 11) is 0. The van der Waals surface area contributed by atoms with Gasteiger partial charge in [-0.05, 0) is 43.9 Å². The molecule has 29 heavy (non-hydrogen) atoms. The average molecular weight is 391 g/mol. The van der Waals surface area contributed by atoms with Gasteiger partial charge in [-0.15, -0.1) is 0 Å². The predicted octanol–water partition coefficient (Wildman–Crippen LogP) is 6.26. The van der Waals surface area contributed by atoms with E-state index in [2.05, 4.69) is 53.7 Å². The van der Waals surface area contributed by atoms with Crippen LogP contribution >= 0.6 is 0 Å². The molecule has 0 radical (unpaired) electrons. The van der Waals surface area contributed by atoms with E-state index in [1.54, 1.807) is 6.07 Å². The molecular formula is C24H27FN4. The van der Waals surface area contributed by atoms with Gasteiger partial charge in [-0.1, -0.05) is 45.9 Å². The second-order valence-corrected chi connectivity index (χ2v) is 7.80. The number of aromatic nitrogens is 4. The van der Waals surface area contributed by atoms with Crippen LogP contribution in [0.4, 0.5) is 4.39 Å². The lowest BCUT2D eigenvalue weighted by molar-refractivity contribution is 0.629. The zero-order chi connectivity index (χ0) is 21.1. The Morgan fingerprint density at radius 3 is 1.76 bits per heavy atom. The first kappa shape index (κ1) is 20.8. The van der Waals surface area contributed by atoms with Gasteiger partial charge in [0.05, 0.1) is 22.4 Å². The fraction of sp³-hybridized carbons (Fsp3) is 0.333. The number of hydrogen-bond acceptors (Lipinski definition) is 4. The molecule has 0 saturated carbocycles. The summed E-state index contributed by atoms with van der Waals surface area (Å²) < 4.78 is 13.0. The molecule has 0 fully saturated rings. The van der Waals surface area contributed by atoms with Crippen molar-refractivity contribution < 1.29 is 4.39 Å². The van der Waals surface area contributed by atoms with Crippen LogP contribution in [0.5, 0.6) is 0 Å². The van der Waals surface area contributed by atoms with Crippen molar-refractivity contribution in [3.63, 3.8) is 0 Å². The molecule has 0 aliphatic heterocycles. The van der Waals surface area contributed by atoms with Crippen molar-refractivity contribution in [3.05, 3.63) is 71.3 Å². The van der Waals surface area contributed by atoms with Gasteiger partial charge in [0.15, 0.2) is 0 Å². The Labute approximate surface area is 171 Å². The summed E-state index contributed by atoms with van der Waals surface area (Å²) in [5.41, 5.74) is 3.86. The van der Waals surface area contributed by atoms with E-state index in [1.165, 1.54) is 17.5 Å². The van der Waals surface area contributed by atoms with Gasteiger partial charge in [0.2, 0.25) is 0 Å². The molecule has 4 rings (SSSR count). The Morgan fingerprint density at radius 1 is 0.655 bits per heavy atom. The maximum Gasteiger partial charge on any atom is 0.126 e. The van der Waals surface area contributed by atoms with Gasteiger partial charge in [0.25, 0.3) is 0 Å². The molecule has 2 heterocycles. The Kier molecular flexibility index (Phi) is 6.16. The predicted molar refractivity (Wildman–Crippen MR) is 117 cm³/mol. The number of hydrogen-bond donors (Lipinski definition) is 0. The molecule has 0 bridgehead atoms. The van der Waals surface area contributed by atoms with Gasteiger partial charge in [-0.3, -0.25) is 0 Å². The summed E-state index contributed by atoms with van der Waals surface area (Å²) in [6.07, 6.45) is 0. The van der Waals surface area contributed by atoms with E-state index in [4.69, 9.17) is 0 Å². The molecule has 0 saturated heterocycles. The van der Waals surface area contributed by atoms with E-state index in [1.807, 2.05) is 32.0 Å². The van der Waals surface area contributed by atoms with Gasteiger partial charge >= 0.3 is 0 Å². The van der Waals surface area contributed by atoms with Crippen LogP contribution in [0.25, 0.3) is 21.8 Å². The molecule has 0 aliphatic carbocycles. The van der Waals surface area contributed by atoms with Crippen LogP contribution in [0.3, 0.4) is 0 Å². The molecule has 2 aromatic heterocycles. The van der Waals surface area contributed by atoms with E-state index in [0.717, 1.165) is 28.1 Å². The van der Waals surface area contributed by atoms with E-state index >= 15 is 0 Å². The van der Waals surface area contributed by atoms with Gasteiger partial charge in [0.1, 0.15) is 17.5 Å². The Balaban J connectivity index is 0.000000166. The van der Waals surface area contributed by atoms with Crippen molar-refractivity contribution in [1.82, 2.24) is 19.9 Å². The lowest BCUT2D eigenvalue weighted by atomic mass is 10.0. The van der Waals surface area contributed by atoms with Crippen molar-refractivity contribution in [2.24, 2.45) is 0 Å². The second-order valence-electron chi connectivity index (χ2n) is 7.80. The van der Waals surface area contributed by atoms with Crippen molar-refractivity contribution >= 4 is 21.8 Å². The van der Waals surface area contributed by atoms with Gasteiger partial charge < -0.3 is 0 Å². The SMILES string of the molecule is Cc1nc(C(C)C)c2ccc(F)cc2n1.Cc1nc(C(C)C)c2ccccc2n1. The summed E-state index contributed by atoms with van der Waals surface area (Å²) >= 11 is 0. The molecule has 5 heteroatoms. The number of fused-ring (bicyclic) bond motifs is 2. The highest BCUT2D eigenvalue weighted by molar-refractivity contribution is 5.82. The van der Waals surface area contributed by atoms with E-state index in [0.29, 0.717) is 23.2 Å². The minimum absolute atomic E-state index is 0.254. The molecular weight excluding hydrogens is 363 g/mol. The standard InChI is InChI=1S/C12H13FN2.C12H14N2/c1-7(2)12-10-5-4-9(13)6-11(10)14-8(3)15-12;1-8(2)12-10-6-4-5-7-11(10)13-9(3)14-12/h4-7H,1-3H3;4-8H,1-3H3. The third-order valence-corrected chi connectivity index (χ3v) is 4.64. The maximum absolute atomic E-state index is 13.0. The molecule has 0 atom stereocenters. The summed E-state index contributed by atoms with van der Waals surface area (Å²) in [4.78, 5) is 17.5. The first-order valence-electron chi connectivity index (χ1n) is 9.93. The highest BCUT2D eigenvalue weighted by Crippen LogP contribution is 2.23. The lowest BCUT2D eigenvalue weighted by Crippen LogP contribution is -1.99. The summed E-state index contributed by atoms with van der Waals surface area (Å²) in [5, 5.41) is 2.12. The van der Waals surface area contributed by atoms with Crippen LogP contribution in [0, 0.1) is 19.7 Å². The van der Waals surface area contributed by atoms with Crippen LogP contribution in [0.15, 0.2) is 42.5 Å². The lowest BCUT2D eigenvalue weighted by Gasteiger charge is -2.09. The summed E-state index contributed by atoms with van der Waals surface area (Å²) in [6, 6.07) is 12.8. The fourth-order valence-corrected chi connectivity index (χ4v) is 3.35. The molecule has 150 valence electrons. The van der Waals surface area contributed by atoms with Crippen LogP contribution < -0.4 is 0 Å². The monoisotopic (exact) mass is 390 g/mol. The Morgan fingerprint density at radius 2 is 1.17 bits per heavy atom. The number of para-hydroxylation sites is 1. The first-order valence-corrected chi connectivity index (χ1v) is 9.93. The van der Waals surface area contributed by atoms with Crippen molar-refractivity contribution in [3.8, 4) is 0 Å². The van der Waals surface area contributed by atoms with Crippen LogP contribution in [0.1, 0.15) is 62.6 Å². The Bertz CT molecular complexity index is 1150. The largest absolute Gasteiger partial charge is 0.237 e. The number of rotatable bonds is 2. The summed E-state index contributed by atoms with van der Waals surface area (Å²) in [6.45, 7) is 12.2. The van der Waals surface area contributed by atoms with Crippen LogP contribution in [-0.2, 0) is 0 Å². The smallest absolute Gasteiger partial charge is 0.126 e. The third-order valence-electron chi connectivity index (χ3n) is 4.64. The number of aryl methyl sites for hydroxylation is 2. The topological polar surface area (TPSA) is 51.6 Å². The quantitative estimate of drug-likeness (QED) is 0.405. The number of halogens is 1. The highest BCUT2D eigenvalue weighted by atomic mass is 19.1. The normalized spacial score (nSPS) is 11.2. The summed E-state index contributed by atoms with van der Waals surface area (Å²) in [5.74, 6) is 2.06. The first-order chi connectivity index (χ1) is 13.8. The van der Waals surface area contributed by atoms with Crippen LogP contribution in [0.2, 0.25) is 0 Å². The number of benzene rings is 2. The number of nitrogens with zero attached hydrogens (tertiary/aromatic N) is 4. The van der Waals surface area contributed by atoms with Gasteiger partial charge in [-0.2, -0.15) is 0 Å². The fourth-order valence-electron chi connectivity index (χ4n) is 3.35. The molecule has 0 spiro atoms. The third kappa shape index (κ3) is 4.73. The minimum Gasteiger partial charge on any atom is -0.237 e. The average Bonchev–Trinajstić information content (AvgIpc) is 2.66. The maximum atomic E-state index is 13.0. The second kappa shape index (κ2) is 8.60. The molecule has 0 unspecified atom stereocenters. The van der Waals surface area contributed by atoms with E-state index in [-0.39, 0.29) is 5.82 Å². The Hall–Kier alpha value is -2.95. The molecule has 4 nitrogen and oxygen atoms in total. The molecule has 0 N–H and O–H groups in total. The molecule has 0 aliphatic rings. The molecule has 2 aromatic carbocycles. The van der Waals surface area contributed by atoms with Gasteiger partial charge in [0, 0.05) is 16.8 Å². The van der Waals surface area contributed by atoms with Crippen molar-refractivity contribution in [2.75, 3.05) is 0 Å². The minimum atomic E-state index is -0.254.